The molecule has 1 N–H and O–H groups in total. The Morgan fingerprint density at radius 1 is 1.06 bits per heavy atom. The van der Waals surface area contributed by atoms with Crippen molar-refractivity contribution in [2.45, 2.75) is 26.6 Å². The Morgan fingerprint density at radius 3 is 2.83 bits per heavy atom. The second kappa shape index (κ2) is 4.83. The van der Waals surface area contributed by atoms with Crippen molar-refractivity contribution in [2.24, 2.45) is 0 Å². The summed E-state index contributed by atoms with van der Waals surface area (Å²) >= 11 is 0. The number of rotatable bonds is 3. The molecule has 0 amide bonds. The molecule has 1 aliphatic rings. The molecule has 0 spiro atoms. The average Bonchev–Trinajstić information content (AvgIpc) is 2.84. The zero-order valence-electron chi connectivity index (χ0n) is 10.6. The van der Waals surface area contributed by atoms with Gasteiger partial charge in [0.25, 0.3) is 0 Å². The molecular weight excluding hydrogens is 222 g/mol. The first-order chi connectivity index (χ1) is 8.81. The highest BCUT2D eigenvalue weighted by atomic mass is 16.5. The van der Waals surface area contributed by atoms with Crippen LogP contribution in [0, 0.1) is 6.92 Å². The van der Waals surface area contributed by atoms with Crippen molar-refractivity contribution in [2.75, 3.05) is 0 Å². The maximum absolute atomic E-state index is 5.81. The van der Waals surface area contributed by atoms with E-state index in [-0.39, 0.29) is 0 Å². The highest BCUT2D eigenvalue weighted by Crippen LogP contribution is 2.19. The molecule has 2 nitrogen and oxygen atoms in total. The predicted octanol–water partition coefficient (Wildman–Crippen LogP) is 3.18. The fraction of sp³-hybridized carbons (Fsp3) is 0.250. The van der Waals surface area contributed by atoms with E-state index in [1.54, 1.807) is 0 Å². The maximum Gasteiger partial charge on any atom is 0.120 e. The third-order valence-corrected chi connectivity index (χ3v) is 3.30. The molecule has 2 aromatic rings. The van der Waals surface area contributed by atoms with Crippen molar-refractivity contribution >= 4 is 0 Å². The highest BCUT2D eigenvalue weighted by molar-refractivity contribution is 5.35. The van der Waals surface area contributed by atoms with Crippen LogP contribution in [-0.4, -0.2) is 0 Å². The second-order valence-electron chi connectivity index (χ2n) is 4.81. The summed E-state index contributed by atoms with van der Waals surface area (Å²) in [7, 11) is 0. The van der Waals surface area contributed by atoms with Crippen LogP contribution >= 0.6 is 0 Å². The van der Waals surface area contributed by atoms with Gasteiger partial charge in [-0.1, -0.05) is 30.3 Å². The van der Waals surface area contributed by atoms with Gasteiger partial charge in [0.05, 0.1) is 0 Å². The van der Waals surface area contributed by atoms with E-state index >= 15 is 0 Å². The molecule has 1 heterocycles. The smallest absolute Gasteiger partial charge is 0.120 e. The normalized spacial score (nSPS) is 13.4. The summed E-state index contributed by atoms with van der Waals surface area (Å²) in [5, 5.41) is 3.36. The molecular formula is C16H17NO. The zero-order valence-corrected chi connectivity index (χ0v) is 10.6. The third-order valence-electron chi connectivity index (χ3n) is 3.30. The van der Waals surface area contributed by atoms with Gasteiger partial charge in [0, 0.05) is 13.1 Å². The number of ether oxygens (including phenoxy) is 1. The van der Waals surface area contributed by atoms with Crippen LogP contribution in [0.4, 0.5) is 0 Å². The number of hydrogen-bond acceptors (Lipinski definition) is 2. The predicted molar refractivity (Wildman–Crippen MR) is 72.5 cm³/mol. The molecule has 0 bridgehead atoms. The van der Waals surface area contributed by atoms with Crippen LogP contribution in [0.15, 0.2) is 42.5 Å². The molecule has 0 atom stereocenters. The van der Waals surface area contributed by atoms with E-state index < -0.39 is 0 Å². The van der Waals surface area contributed by atoms with Crippen LogP contribution in [0.2, 0.25) is 0 Å². The molecule has 0 radical (unpaired) electrons. The summed E-state index contributed by atoms with van der Waals surface area (Å²) in [6.07, 6.45) is 0. The minimum Gasteiger partial charge on any atom is -0.489 e. The lowest BCUT2D eigenvalue weighted by atomic mass is 10.1. The fourth-order valence-corrected chi connectivity index (χ4v) is 2.31. The minimum atomic E-state index is 0.636. The summed E-state index contributed by atoms with van der Waals surface area (Å²) in [6, 6.07) is 14.8. The van der Waals surface area contributed by atoms with E-state index in [1.165, 1.54) is 22.3 Å². The van der Waals surface area contributed by atoms with Crippen LogP contribution in [-0.2, 0) is 19.7 Å². The molecule has 2 heteroatoms. The molecule has 0 saturated heterocycles. The molecule has 0 saturated carbocycles. The Morgan fingerprint density at radius 2 is 1.94 bits per heavy atom. The maximum atomic E-state index is 5.81. The monoisotopic (exact) mass is 239 g/mol. The molecule has 0 fully saturated rings. The Balaban J connectivity index is 1.70. The van der Waals surface area contributed by atoms with Crippen molar-refractivity contribution in [3.8, 4) is 5.75 Å². The lowest BCUT2D eigenvalue weighted by molar-refractivity contribution is 0.306. The van der Waals surface area contributed by atoms with Gasteiger partial charge in [-0.3, -0.25) is 0 Å². The third kappa shape index (κ3) is 2.39. The van der Waals surface area contributed by atoms with Crippen LogP contribution in [0.1, 0.15) is 22.3 Å². The van der Waals surface area contributed by atoms with Crippen molar-refractivity contribution in [3.05, 3.63) is 64.7 Å². The van der Waals surface area contributed by atoms with Crippen molar-refractivity contribution in [1.29, 1.82) is 0 Å². The van der Waals surface area contributed by atoms with E-state index in [0.717, 1.165) is 18.8 Å². The Kier molecular flexibility index (Phi) is 3.03. The van der Waals surface area contributed by atoms with Crippen LogP contribution in [0.25, 0.3) is 0 Å². The number of hydrogen-bond donors (Lipinski definition) is 1. The first-order valence-electron chi connectivity index (χ1n) is 6.32. The van der Waals surface area contributed by atoms with Gasteiger partial charge >= 0.3 is 0 Å². The Hall–Kier alpha value is -1.80. The number of fused-ring (bicyclic) bond motifs is 1. The second-order valence-corrected chi connectivity index (χ2v) is 4.81. The summed E-state index contributed by atoms with van der Waals surface area (Å²) in [6.45, 7) is 4.69. The number of nitrogens with one attached hydrogen (secondary N) is 1. The van der Waals surface area contributed by atoms with Gasteiger partial charge in [0.1, 0.15) is 12.4 Å². The molecule has 18 heavy (non-hydrogen) atoms. The van der Waals surface area contributed by atoms with E-state index in [2.05, 4.69) is 42.6 Å². The molecule has 1 aliphatic heterocycles. The van der Waals surface area contributed by atoms with Gasteiger partial charge < -0.3 is 10.1 Å². The SMILES string of the molecule is Cc1cccc(OCc2ccc3c(c2)CNC3)c1. The lowest BCUT2D eigenvalue weighted by Gasteiger charge is -2.08. The molecule has 0 aromatic heterocycles. The topological polar surface area (TPSA) is 21.3 Å². The molecule has 92 valence electrons. The number of aryl methyl sites for hydroxylation is 1. The van der Waals surface area contributed by atoms with Gasteiger partial charge in [-0.25, -0.2) is 0 Å². The van der Waals surface area contributed by atoms with Gasteiger partial charge in [-0.15, -0.1) is 0 Å². The Labute approximate surface area is 108 Å². The van der Waals surface area contributed by atoms with Gasteiger partial charge in [0.15, 0.2) is 0 Å². The molecule has 0 unspecified atom stereocenters. The van der Waals surface area contributed by atoms with Crippen LogP contribution in [0.5, 0.6) is 5.75 Å². The molecule has 3 rings (SSSR count). The van der Waals surface area contributed by atoms with Gasteiger partial charge in [-0.2, -0.15) is 0 Å². The van der Waals surface area contributed by atoms with Gasteiger partial charge in [-0.05, 0) is 41.3 Å². The van der Waals surface area contributed by atoms with Crippen LogP contribution < -0.4 is 10.1 Å². The summed E-state index contributed by atoms with van der Waals surface area (Å²) in [4.78, 5) is 0. The average molecular weight is 239 g/mol. The van der Waals surface area contributed by atoms with E-state index in [9.17, 15) is 0 Å². The largest absolute Gasteiger partial charge is 0.489 e. The van der Waals surface area contributed by atoms with Gasteiger partial charge in [0.2, 0.25) is 0 Å². The first-order valence-corrected chi connectivity index (χ1v) is 6.32. The van der Waals surface area contributed by atoms with Crippen LogP contribution in [0.3, 0.4) is 0 Å². The lowest BCUT2D eigenvalue weighted by Crippen LogP contribution is -2.00. The minimum absolute atomic E-state index is 0.636. The summed E-state index contributed by atoms with van der Waals surface area (Å²) in [5.74, 6) is 0.939. The van der Waals surface area contributed by atoms with Crippen molar-refractivity contribution < 1.29 is 4.74 Å². The summed E-state index contributed by atoms with van der Waals surface area (Å²) in [5.41, 5.74) is 5.28. The zero-order chi connectivity index (χ0) is 12.4. The van der Waals surface area contributed by atoms with Crippen molar-refractivity contribution in [3.63, 3.8) is 0 Å². The molecule has 0 aliphatic carbocycles. The summed E-state index contributed by atoms with van der Waals surface area (Å²) < 4.78 is 5.81. The Bertz CT molecular complexity index is 563. The highest BCUT2D eigenvalue weighted by Gasteiger charge is 2.09. The first kappa shape index (κ1) is 11.3. The fourth-order valence-electron chi connectivity index (χ4n) is 2.31. The standard InChI is InChI=1S/C16H17NO/c1-12-3-2-4-16(7-12)18-11-13-5-6-14-9-17-10-15(14)8-13/h2-8,17H,9-11H2,1H3. The molecule has 2 aromatic carbocycles. The number of benzene rings is 2. The van der Waals surface area contributed by atoms with Crippen molar-refractivity contribution in [1.82, 2.24) is 5.32 Å². The van der Waals surface area contributed by atoms with E-state index in [0.29, 0.717) is 6.61 Å². The quantitative estimate of drug-likeness (QED) is 0.888. The van der Waals surface area contributed by atoms with E-state index in [4.69, 9.17) is 4.74 Å². The van der Waals surface area contributed by atoms with E-state index in [1.807, 2.05) is 12.1 Å².